The lowest BCUT2D eigenvalue weighted by Gasteiger charge is -2.44. The van der Waals surface area contributed by atoms with Gasteiger partial charge in [-0.15, -0.1) is 0 Å². The van der Waals surface area contributed by atoms with Gasteiger partial charge in [-0.2, -0.15) is 0 Å². The molecule has 4 aliphatic rings. The largest absolute Gasteiger partial charge is 0.449 e. The highest BCUT2D eigenvalue weighted by atomic mass is 16.6. The van der Waals surface area contributed by atoms with Gasteiger partial charge in [0, 0.05) is 44.9 Å². The van der Waals surface area contributed by atoms with E-state index in [9.17, 15) is 0 Å². The van der Waals surface area contributed by atoms with Gasteiger partial charge in [-0.1, -0.05) is 132 Å². The molecule has 0 saturated carbocycles. The summed E-state index contributed by atoms with van der Waals surface area (Å²) in [6.45, 7) is 9.37. The molecule has 310 valence electrons. The number of fused-ring (bicyclic) bond motifs is 13. The molecule has 0 spiro atoms. The van der Waals surface area contributed by atoms with Crippen molar-refractivity contribution >= 4 is 51.0 Å². The number of nitrogens with zero attached hydrogens (tertiary/aromatic N) is 2. The average Bonchev–Trinajstić information content (AvgIpc) is 3.78. The van der Waals surface area contributed by atoms with Crippen molar-refractivity contribution in [3.8, 4) is 62.1 Å². The van der Waals surface area contributed by atoms with Gasteiger partial charge >= 0.3 is 6.85 Å². The molecule has 1 aromatic heterocycles. The lowest BCUT2D eigenvalue weighted by atomic mass is 9.43. The van der Waals surface area contributed by atoms with Gasteiger partial charge in [-0.25, -0.2) is 0 Å². The molecular formula is C59H49BN2O2. The molecule has 3 aliphatic heterocycles. The van der Waals surface area contributed by atoms with Crippen LogP contribution in [0.15, 0.2) is 152 Å². The number of unbranched alkanes of at least 4 members (excludes halogenated alkanes) is 2. The van der Waals surface area contributed by atoms with E-state index >= 15 is 0 Å². The van der Waals surface area contributed by atoms with Gasteiger partial charge in [0.15, 0.2) is 23.0 Å². The Bertz CT molecular complexity index is 3400. The summed E-state index contributed by atoms with van der Waals surface area (Å²) in [6, 6.07) is 56.6. The smallest absolute Gasteiger partial charge is 0.333 e. The number of ether oxygens (including phenoxy) is 2. The lowest BCUT2D eigenvalue weighted by Crippen LogP contribution is -2.61. The van der Waals surface area contributed by atoms with Crippen LogP contribution in [0.2, 0.25) is 0 Å². The number of rotatable bonds is 8. The van der Waals surface area contributed by atoms with Gasteiger partial charge in [-0.3, -0.25) is 0 Å². The normalized spacial score (nSPS) is 14.3. The van der Waals surface area contributed by atoms with Crippen molar-refractivity contribution in [1.29, 1.82) is 0 Å². The average molecular weight is 829 g/mol. The van der Waals surface area contributed by atoms with Crippen LogP contribution >= 0.6 is 0 Å². The number of aromatic nitrogens is 1. The third-order valence-corrected chi connectivity index (χ3v) is 14.7. The summed E-state index contributed by atoms with van der Waals surface area (Å²) in [6.07, 6.45) is 6.79. The molecule has 4 heterocycles. The van der Waals surface area contributed by atoms with Gasteiger partial charge in [-0.05, 0) is 141 Å². The maximum absolute atomic E-state index is 6.75. The summed E-state index contributed by atoms with van der Waals surface area (Å²) < 4.78 is 16.2. The topological polar surface area (TPSA) is 26.6 Å². The highest BCUT2D eigenvalue weighted by Crippen LogP contribution is 2.57. The minimum Gasteiger partial charge on any atom is -0.449 e. The summed E-state index contributed by atoms with van der Waals surface area (Å²) in [4.78, 5) is 2.63. The van der Waals surface area contributed by atoms with E-state index in [4.69, 9.17) is 9.47 Å². The fraction of sp³-hybridized carbons (Fsp3) is 0.186. The first-order chi connectivity index (χ1) is 31.4. The maximum Gasteiger partial charge on any atom is 0.333 e. The molecule has 1 aliphatic carbocycles. The predicted molar refractivity (Wildman–Crippen MR) is 267 cm³/mol. The Morgan fingerprint density at radius 1 is 0.547 bits per heavy atom. The Balaban J connectivity index is 1.17. The SMILES string of the molecule is CCCCc1ccc2c(c1)c1cc(CCCC)cc3c1n2-c1c2c(cc4c1C(C)(C)c1ccccc1-4)-c1cc4c(cc1N(c1ccc(-c5ccccc5)cc1)B23)Oc1ccccc1O4. The van der Waals surface area contributed by atoms with Gasteiger partial charge in [0.25, 0.3) is 0 Å². The van der Waals surface area contributed by atoms with Crippen LogP contribution in [0, 0.1) is 0 Å². The monoisotopic (exact) mass is 828 g/mol. The summed E-state index contributed by atoms with van der Waals surface area (Å²) >= 11 is 0. The minimum absolute atomic E-state index is 0.125. The molecule has 0 radical (unpaired) electrons. The molecule has 13 rings (SSSR count). The van der Waals surface area contributed by atoms with Crippen molar-refractivity contribution in [2.45, 2.75) is 71.6 Å². The quantitative estimate of drug-likeness (QED) is 0.143. The molecule has 64 heavy (non-hydrogen) atoms. The third kappa shape index (κ3) is 5.30. The van der Waals surface area contributed by atoms with Crippen molar-refractivity contribution in [3.63, 3.8) is 0 Å². The van der Waals surface area contributed by atoms with E-state index in [1.54, 1.807) is 0 Å². The highest BCUT2D eigenvalue weighted by Gasteiger charge is 2.49. The fourth-order valence-corrected chi connectivity index (χ4v) is 11.7. The molecule has 9 aromatic rings. The Morgan fingerprint density at radius 3 is 1.98 bits per heavy atom. The summed E-state index contributed by atoms with van der Waals surface area (Å²) in [5, 5.41) is 2.71. The van der Waals surface area contributed by atoms with Gasteiger partial charge in [0.1, 0.15) is 0 Å². The molecule has 4 nitrogen and oxygen atoms in total. The molecule has 0 atom stereocenters. The summed E-state index contributed by atoms with van der Waals surface area (Å²) in [5.41, 5.74) is 21.7. The van der Waals surface area contributed by atoms with E-state index in [1.165, 1.54) is 101 Å². The molecule has 5 heteroatoms. The highest BCUT2D eigenvalue weighted by molar-refractivity contribution is 6.93. The van der Waals surface area contributed by atoms with Crippen LogP contribution in [0.1, 0.15) is 75.6 Å². The Hall–Kier alpha value is -6.98. The van der Waals surface area contributed by atoms with Crippen LogP contribution in [0.3, 0.4) is 0 Å². The lowest BCUT2D eigenvalue weighted by molar-refractivity contribution is 0.360. The number of hydrogen-bond acceptors (Lipinski definition) is 3. The van der Waals surface area contributed by atoms with Crippen LogP contribution in [0.4, 0.5) is 11.4 Å². The van der Waals surface area contributed by atoms with Crippen LogP contribution in [0.5, 0.6) is 23.0 Å². The number of hydrogen-bond donors (Lipinski definition) is 0. The zero-order chi connectivity index (χ0) is 42.8. The molecule has 0 N–H and O–H groups in total. The van der Waals surface area contributed by atoms with Crippen molar-refractivity contribution < 1.29 is 9.47 Å². The van der Waals surface area contributed by atoms with E-state index in [0.717, 1.165) is 65.6 Å². The molecule has 0 unspecified atom stereocenters. The summed E-state index contributed by atoms with van der Waals surface area (Å²) in [5.74, 6) is 2.93. The second-order valence-electron chi connectivity index (χ2n) is 18.9. The van der Waals surface area contributed by atoms with Crippen molar-refractivity contribution in [2.24, 2.45) is 0 Å². The second-order valence-corrected chi connectivity index (χ2v) is 18.9. The van der Waals surface area contributed by atoms with E-state index in [1.807, 2.05) is 24.3 Å². The third-order valence-electron chi connectivity index (χ3n) is 14.7. The van der Waals surface area contributed by atoms with E-state index in [-0.39, 0.29) is 12.3 Å². The molecule has 0 bridgehead atoms. The van der Waals surface area contributed by atoms with Crippen LogP contribution in [-0.4, -0.2) is 11.4 Å². The van der Waals surface area contributed by atoms with Crippen LogP contribution < -0.4 is 25.2 Å². The number of benzene rings is 8. The van der Waals surface area contributed by atoms with E-state index < -0.39 is 0 Å². The zero-order valence-electron chi connectivity index (χ0n) is 37.0. The number of para-hydroxylation sites is 2. The molecule has 0 amide bonds. The Labute approximate surface area is 375 Å². The maximum atomic E-state index is 6.75. The molecular weight excluding hydrogens is 779 g/mol. The van der Waals surface area contributed by atoms with E-state index in [2.05, 4.69) is 164 Å². The van der Waals surface area contributed by atoms with Gasteiger partial charge in [0.2, 0.25) is 0 Å². The predicted octanol–water partition coefficient (Wildman–Crippen LogP) is 14.6. The summed E-state index contributed by atoms with van der Waals surface area (Å²) in [7, 11) is 0. The first kappa shape index (κ1) is 37.6. The molecule has 8 aromatic carbocycles. The zero-order valence-corrected chi connectivity index (χ0v) is 37.0. The number of anilines is 2. The molecule has 0 fully saturated rings. The minimum atomic E-state index is -0.248. The first-order valence-electron chi connectivity index (χ1n) is 23.4. The van der Waals surface area contributed by atoms with E-state index in [0.29, 0.717) is 0 Å². The van der Waals surface area contributed by atoms with Gasteiger partial charge in [0.05, 0.1) is 11.0 Å². The van der Waals surface area contributed by atoms with Crippen LogP contribution in [0.25, 0.3) is 60.9 Å². The molecule has 0 saturated heterocycles. The van der Waals surface area contributed by atoms with Crippen molar-refractivity contribution in [1.82, 2.24) is 4.57 Å². The standard InChI is InChI=1S/C59H49BN2O2/c1-5-7-16-36-24-29-49-42(30-36)46-31-37(17-8-6-2)32-48-57(46)61(49)58-55-44(41-20-12-13-21-47(41)59(55,3)4)33-45-43-34-53-54(64-52-23-15-14-22-51(52)63-53)35-50(43)62(60(48)56(45)58)40-27-25-39(26-28-40)38-18-10-9-11-19-38/h9-15,18-35H,5-8,16-17H2,1-4H3. The second kappa shape index (κ2) is 14.0. The Morgan fingerprint density at radius 2 is 1.22 bits per heavy atom. The van der Waals surface area contributed by atoms with Crippen molar-refractivity contribution in [3.05, 3.63) is 174 Å². The van der Waals surface area contributed by atoms with Gasteiger partial charge < -0.3 is 18.9 Å². The fourth-order valence-electron chi connectivity index (χ4n) is 11.7. The number of aryl methyl sites for hydroxylation is 2. The van der Waals surface area contributed by atoms with Crippen molar-refractivity contribution in [2.75, 3.05) is 4.81 Å². The Kier molecular flexibility index (Phi) is 8.23. The first-order valence-corrected chi connectivity index (χ1v) is 23.4. The van der Waals surface area contributed by atoms with Crippen LogP contribution in [-0.2, 0) is 18.3 Å².